The molecule has 0 spiro atoms. The van der Waals surface area contributed by atoms with Crippen LogP contribution in [0.25, 0.3) is 11.5 Å². The third-order valence-electron chi connectivity index (χ3n) is 3.15. The quantitative estimate of drug-likeness (QED) is 0.890. The maximum atomic E-state index is 5.35. The molecule has 0 saturated carbocycles. The molecule has 0 amide bonds. The molecule has 0 bridgehead atoms. The van der Waals surface area contributed by atoms with E-state index in [0.717, 1.165) is 48.2 Å². The van der Waals surface area contributed by atoms with E-state index in [1.807, 2.05) is 12.3 Å². The molecule has 1 aliphatic heterocycles. The Labute approximate surface area is 110 Å². The molecule has 2 aromatic rings. The summed E-state index contributed by atoms with van der Waals surface area (Å²) in [6.45, 7) is 4.09. The van der Waals surface area contributed by atoms with Crippen LogP contribution in [0, 0.1) is 6.92 Å². The molecule has 0 aliphatic carbocycles. The molecule has 0 aromatic carbocycles. The number of piperidine rings is 1. The first kappa shape index (κ1) is 11.7. The monoisotopic (exact) mass is 264 g/mol. The van der Waals surface area contributed by atoms with Crippen LogP contribution in [0.1, 0.15) is 18.5 Å². The van der Waals surface area contributed by atoms with Crippen molar-refractivity contribution < 1.29 is 4.42 Å². The largest absolute Gasteiger partial charge is 0.442 e. The second kappa shape index (κ2) is 5.07. The van der Waals surface area contributed by atoms with Crippen LogP contribution >= 0.6 is 11.3 Å². The summed E-state index contributed by atoms with van der Waals surface area (Å²) in [5, 5.41) is 9.82. The molecule has 6 heteroatoms. The molecule has 96 valence electrons. The summed E-state index contributed by atoms with van der Waals surface area (Å²) < 4.78 is 5.35. The van der Waals surface area contributed by atoms with Gasteiger partial charge < -0.3 is 15.1 Å². The van der Waals surface area contributed by atoms with Gasteiger partial charge in [-0.15, -0.1) is 11.3 Å². The zero-order valence-electron chi connectivity index (χ0n) is 10.3. The van der Waals surface area contributed by atoms with Gasteiger partial charge in [-0.2, -0.15) is 0 Å². The number of aryl methyl sites for hydroxylation is 1. The van der Waals surface area contributed by atoms with E-state index in [0.29, 0.717) is 6.04 Å². The normalized spacial score (nSPS) is 16.9. The van der Waals surface area contributed by atoms with E-state index >= 15 is 0 Å². The summed E-state index contributed by atoms with van der Waals surface area (Å²) in [5.74, 6) is 0.768. The van der Waals surface area contributed by atoms with Gasteiger partial charge in [-0.25, -0.2) is 9.97 Å². The van der Waals surface area contributed by atoms with Crippen LogP contribution in [-0.2, 0) is 0 Å². The molecule has 0 atom stereocenters. The van der Waals surface area contributed by atoms with Crippen molar-refractivity contribution in [2.24, 2.45) is 0 Å². The third-order valence-corrected chi connectivity index (χ3v) is 3.92. The Morgan fingerprint density at radius 1 is 1.44 bits per heavy atom. The number of nitrogens with zero attached hydrogens (tertiary/aromatic N) is 2. The SMILES string of the molecule is Cc1ncoc1-c1csc(NC2CCNCC2)n1. The van der Waals surface area contributed by atoms with Crippen molar-refractivity contribution in [3.05, 3.63) is 17.5 Å². The zero-order chi connectivity index (χ0) is 12.4. The summed E-state index contributed by atoms with van der Waals surface area (Å²) >= 11 is 1.62. The number of hydrogen-bond donors (Lipinski definition) is 2. The van der Waals surface area contributed by atoms with Crippen molar-refractivity contribution in [2.75, 3.05) is 18.4 Å². The van der Waals surface area contributed by atoms with Crippen molar-refractivity contribution in [2.45, 2.75) is 25.8 Å². The molecular weight excluding hydrogens is 248 g/mol. The minimum absolute atomic E-state index is 0.529. The van der Waals surface area contributed by atoms with Crippen LogP contribution in [0.5, 0.6) is 0 Å². The average molecular weight is 264 g/mol. The van der Waals surface area contributed by atoms with Crippen molar-refractivity contribution in [1.82, 2.24) is 15.3 Å². The molecule has 2 aromatic heterocycles. The number of anilines is 1. The maximum absolute atomic E-state index is 5.35. The van der Waals surface area contributed by atoms with Crippen LogP contribution in [0.15, 0.2) is 16.2 Å². The molecule has 1 saturated heterocycles. The van der Waals surface area contributed by atoms with E-state index < -0.39 is 0 Å². The molecule has 0 radical (unpaired) electrons. The van der Waals surface area contributed by atoms with Crippen LogP contribution < -0.4 is 10.6 Å². The van der Waals surface area contributed by atoms with E-state index in [9.17, 15) is 0 Å². The highest BCUT2D eigenvalue weighted by Gasteiger charge is 2.16. The maximum Gasteiger partial charge on any atom is 0.183 e. The highest BCUT2D eigenvalue weighted by atomic mass is 32.1. The number of rotatable bonds is 3. The zero-order valence-corrected chi connectivity index (χ0v) is 11.1. The second-order valence-electron chi connectivity index (χ2n) is 4.47. The van der Waals surface area contributed by atoms with Gasteiger partial charge in [0.15, 0.2) is 17.3 Å². The summed E-state index contributed by atoms with van der Waals surface area (Å²) in [5.41, 5.74) is 1.75. The van der Waals surface area contributed by atoms with Gasteiger partial charge >= 0.3 is 0 Å². The first-order valence-electron chi connectivity index (χ1n) is 6.16. The summed E-state index contributed by atoms with van der Waals surface area (Å²) in [7, 11) is 0. The predicted octanol–water partition coefficient (Wildman–Crippen LogP) is 2.27. The molecular formula is C12H16N4OS. The van der Waals surface area contributed by atoms with Crippen molar-refractivity contribution in [3.63, 3.8) is 0 Å². The van der Waals surface area contributed by atoms with E-state index in [-0.39, 0.29) is 0 Å². The number of hydrogen-bond acceptors (Lipinski definition) is 6. The second-order valence-corrected chi connectivity index (χ2v) is 5.33. The average Bonchev–Trinajstić information content (AvgIpc) is 2.99. The van der Waals surface area contributed by atoms with Crippen LogP contribution in [0.2, 0.25) is 0 Å². The first-order chi connectivity index (χ1) is 8.83. The summed E-state index contributed by atoms with van der Waals surface area (Å²) in [6, 6.07) is 0.529. The molecule has 3 heterocycles. The lowest BCUT2D eigenvalue weighted by Gasteiger charge is -2.23. The van der Waals surface area contributed by atoms with Gasteiger partial charge in [-0.1, -0.05) is 0 Å². The van der Waals surface area contributed by atoms with E-state index in [1.165, 1.54) is 6.39 Å². The minimum atomic E-state index is 0.529. The van der Waals surface area contributed by atoms with Crippen LogP contribution in [0.4, 0.5) is 5.13 Å². The Bertz CT molecular complexity index is 516. The number of nitrogens with one attached hydrogen (secondary N) is 2. The van der Waals surface area contributed by atoms with Gasteiger partial charge in [0.2, 0.25) is 0 Å². The molecule has 1 aliphatic rings. The molecule has 18 heavy (non-hydrogen) atoms. The predicted molar refractivity (Wildman–Crippen MR) is 71.9 cm³/mol. The third kappa shape index (κ3) is 2.39. The minimum Gasteiger partial charge on any atom is -0.442 e. The fraction of sp³-hybridized carbons (Fsp3) is 0.500. The van der Waals surface area contributed by atoms with Crippen molar-refractivity contribution in [3.8, 4) is 11.5 Å². The van der Waals surface area contributed by atoms with E-state index in [1.54, 1.807) is 11.3 Å². The van der Waals surface area contributed by atoms with Crippen molar-refractivity contribution >= 4 is 16.5 Å². The van der Waals surface area contributed by atoms with Gasteiger partial charge in [-0.05, 0) is 32.9 Å². The van der Waals surface area contributed by atoms with Gasteiger partial charge in [0.05, 0.1) is 5.69 Å². The molecule has 5 nitrogen and oxygen atoms in total. The molecule has 3 rings (SSSR count). The molecule has 1 fully saturated rings. The Morgan fingerprint density at radius 3 is 3.00 bits per heavy atom. The Kier molecular flexibility index (Phi) is 3.29. The van der Waals surface area contributed by atoms with Gasteiger partial charge in [0.1, 0.15) is 5.69 Å². The Hall–Kier alpha value is -1.40. The fourth-order valence-electron chi connectivity index (χ4n) is 2.13. The lowest BCUT2D eigenvalue weighted by molar-refractivity contribution is 0.479. The molecule has 2 N–H and O–H groups in total. The topological polar surface area (TPSA) is 63.0 Å². The molecule has 0 unspecified atom stereocenters. The number of aromatic nitrogens is 2. The lowest BCUT2D eigenvalue weighted by Crippen LogP contribution is -2.35. The van der Waals surface area contributed by atoms with Crippen LogP contribution in [-0.4, -0.2) is 29.1 Å². The highest BCUT2D eigenvalue weighted by molar-refractivity contribution is 7.14. The summed E-state index contributed by atoms with van der Waals surface area (Å²) in [6.07, 6.45) is 3.76. The van der Waals surface area contributed by atoms with Gasteiger partial charge in [0.25, 0.3) is 0 Å². The first-order valence-corrected chi connectivity index (χ1v) is 7.04. The number of thiazole rings is 1. The van der Waals surface area contributed by atoms with Crippen molar-refractivity contribution in [1.29, 1.82) is 0 Å². The Morgan fingerprint density at radius 2 is 2.28 bits per heavy atom. The van der Waals surface area contributed by atoms with E-state index in [2.05, 4.69) is 20.6 Å². The van der Waals surface area contributed by atoms with Gasteiger partial charge in [0, 0.05) is 11.4 Å². The smallest absolute Gasteiger partial charge is 0.183 e. The van der Waals surface area contributed by atoms with E-state index in [4.69, 9.17) is 4.42 Å². The van der Waals surface area contributed by atoms with Gasteiger partial charge in [-0.3, -0.25) is 0 Å². The standard InChI is InChI=1S/C12H16N4OS/c1-8-11(17-7-14-8)10-6-18-12(16-10)15-9-2-4-13-5-3-9/h6-7,9,13H,2-5H2,1H3,(H,15,16). The Balaban J connectivity index is 1.71. The number of oxazole rings is 1. The van der Waals surface area contributed by atoms with Crippen LogP contribution in [0.3, 0.4) is 0 Å². The summed E-state index contributed by atoms with van der Waals surface area (Å²) in [4.78, 5) is 8.65. The fourth-order valence-corrected chi connectivity index (χ4v) is 2.90. The highest BCUT2D eigenvalue weighted by Crippen LogP contribution is 2.27. The lowest BCUT2D eigenvalue weighted by atomic mass is 10.1.